The lowest BCUT2D eigenvalue weighted by Crippen LogP contribution is -2.61. The number of rotatable bonds is 10. The minimum atomic E-state index is -7.39. The highest BCUT2D eigenvalue weighted by Crippen LogP contribution is 2.50. The predicted molar refractivity (Wildman–Crippen MR) is 68.7 cm³/mol. The van der Waals surface area contributed by atoms with Gasteiger partial charge >= 0.3 is 65.7 Å². The van der Waals surface area contributed by atoms with E-state index in [1.807, 2.05) is 0 Å². The van der Waals surface area contributed by atoms with Gasteiger partial charge in [-0.2, -0.15) is 87.8 Å². The zero-order chi connectivity index (χ0) is 30.5. The summed E-state index contributed by atoms with van der Waals surface area (Å²) < 4.78 is 258. The number of alkyl halides is 20. The van der Waals surface area contributed by atoms with E-state index in [9.17, 15) is 97.4 Å². The summed E-state index contributed by atoms with van der Waals surface area (Å²) in [6.07, 6.45) is -14.6. The van der Waals surface area contributed by atoms with Gasteiger partial charge in [0, 0.05) is 0 Å². The molecule has 0 N–H and O–H groups in total. The van der Waals surface area contributed by atoms with Crippen molar-refractivity contribution < 1.29 is 107 Å². The molecule has 0 bridgehead atoms. The highest BCUT2D eigenvalue weighted by molar-refractivity contribution is 5.79. The van der Waals surface area contributed by atoms with Gasteiger partial charge in [-0.15, -0.1) is 0 Å². The lowest BCUT2D eigenvalue weighted by Gasteiger charge is -2.33. The smallest absolute Gasteiger partial charge is 0.454 e. The summed E-state index contributed by atoms with van der Waals surface area (Å²) in [6.45, 7) is -7.73. The molecule has 0 aromatic carbocycles. The van der Waals surface area contributed by atoms with E-state index in [2.05, 4.69) is 9.47 Å². The van der Waals surface area contributed by atoms with Crippen molar-refractivity contribution >= 4 is 11.9 Å². The molecule has 0 unspecified atom stereocenters. The first kappa shape index (κ1) is 34.5. The summed E-state index contributed by atoms with van der Waals surface area (Å²) in [5.41, 5.74) is 0. The minimum Gasteiger partial charge on any atom is -0.454 e. The molecular formula is C13H4F20O4. The maximum atomic E-state index is 13.4. The van der Waals surface area contributed by atoms with Crippen LogP contribution in [0.3, 0.4) is 0 Å². The Kier molecular flexibility index (Phi) is 8.75. The molecule has 0 saturated carbocycles. The average molecular weight is 604 g/mol. The van der Waals surface area contributed by atoms with Gasteiger partial charge in [-0.05, 0) is 0 Å². The zero-order valence-corrected chi connectivity index (χ0v) is 16.1. The van der Waals surface area contributed by atoms with E-state index >= 15 is 0 Å². The molecule has 0 aromatic heterocycles. The van der Waals surface area contributed by atoms with Crippen molar-refractivity contribution in [2.24, 2.45) is 0 Å². The molecule has 0 radical (unpaired) electrons. The summed E-state index contributed by atoms with van der Waals surface area (Å²) in [5.74, 6) is -58.6. The molecule has 0 spiro atoms. The Balaban J connectivity index is 5.73. The first-order valence-electron chi connectivity index (χ1n) is 7.88. The number of hydrogen-bond donors (Lipinski definition) is 0. The molecule has 0 aromatic rings. The van der Waals surface area contributed by atoms with Gasteiger partial charge in [0.25, 0.3) is 0 Å². The zero-order valence-electron chi connectivity index (χ0n) is 16.1. The summed E-state index contributed by atoms with van der Waals surface area (Å²) in [6, 6.07) is 0. The third kappa shape index (κ3) is 5.85. The monoisotopic (exact) mass is 604 g/mol. The Bertz CT molecular complexity index is 785. The molecule has 0 fully saturated rings. The number of carbonyl (C=O) groups is 2. The summed E-state index contributed by atoms with van der Waals surface area (Å²) in [4.78, 5) is 21.3. The third-order valence-corrected chi connectivity index (χ3v) is 3.70. The Morgan fingerprint density at radius 3 is 0.811 bits per heavy atom. The highest BCUT2D eigenvalue weighted by Gasteiger charge is 2.79. The van der Waals surface area contributed by atoms with E-state index in [-0.39, 0.29) is 0 Å². The van der Waals surface area contributed by atoms with Crippen LogP contribution in [0.2, 0.25) is 0 Å². The molecule has 0 aliphatic heterocycles. The molecule has 4 nitrogen and oxygen atoms in total. The predicted octanol–water partition coefficient (Wildman–Crippen LogP) is 5.64. The van der Waals surface area contributed by atoms with Crippen LogP contribution < -0.4 is 0 Å². The quantitative estimate of drug-likeness (QED) is 0.239. The SMILES string of the molecule is O=C(OCC(F)(F)C(F)(F)C(F)(F)COC(=O)C(F)(F)C(F)(F)C(F)(F)F)C(F)(F)C(F)(F)C(F)(F)F. The van der Waals surface area contributed by atoms with Crippen LogP contribution in [0.25, 0.3) is 0 Å². The topological polar surface area (TPSA) is 52.6 Å². The molecule has 0 heterocycles. The summed E-state index contributed by atoms with van der Waals surface area (Å²) in [5, 5.41) is 0. The van der Waals surface area contributed by atoms with Crippen LogP contribution in [0, 0.1) is 0 Å². The molecule has 0 atom stereocenters. The van der Waals surface area contributed by atoms with Crippen LogP contribution in [-0.4, -0.2) is 79.0 Å². The largest absolute Gasteiger partial charge is 0.460 e. The van der Waals surface area contributed by atoms with Crippen molar-refractivity contribution in [1.82, 2.24) is 0 Å². The molecule has 0 aliphatic carbocycles. The van der Waals surface area contributed by atoms with Gasteiger partial charge in [0.1, 0.15) is 0 Å². The maximum absolute atomic E-state index is 13.4. The van der Waals surface area contributed by atoms with Crippen LogP contribution in [-0.2, 0) is 19.1 Å². The number of ether oxygens (including phenoxy) is 2. The second kappa shape index (κ2) is 9.38. The van der Waals surface area contributed by atoms with E-state index in [0.29, 0.717) is 0 Å². The lowest BCUT2D eigenvalue weighted by atomic mass is 10.1. The fraction of sp³-hybridized carbons (Fsp3) is 0.846. The van der Waals surface area contributed by atoms with Crippen LogP contribution in [0.15, 0.2) is 0 Å². The van der Waals surface area contributed by atoms with Crippen molar-refractivity contribution in [1.29, 1.82) is 0 Å². The van der Waals surface area contributed by atoms with Crippen molar-refractivity contribution in [3.05, 3.63) is 0 Å². The first-order valence-corrected chi connectivity index (χ1v) is 7.88. The number of esters is 2. The molecule has 0 rings (SSSR count). The van der Waals surface area contributed by atoms with E-state index in [1.54, 1.807) is 0 Å². The van der Waals surface area contributed by atoms with Gasteiger partial charge < -0.3 is 9.47 Å². The van der Waals surface area contributed by atoms with E-state index in [4.69, 9.17) is 0 Å². The Hall–Kier alpha value is -2.46. The van der Waals surface area contributed by atoms with Gasteiger partial charge in [-0.1, -0.05) is 0 Å². The molecular weight excluding hydrogens is 600 g/mol. The average Bonchev–Trinajstić information content (AvgIpc) is 2.67. The van der Waals surface area contributed by atoms with Gasteiger partial charge in [0.15, 0.2) is 13.2 Å². The first-order chi connectivity index (χ1) is 15.8. The highest BCUT2D eigenvalue weighted by atomic mass is 19.4. The van der Waals surface area contributed by atoms with E-state index in [0.717, 1.165) is 0 Å². The second-order valence-electron chi connectivity index (χ2n) is 6.43. The molecule has 24 heteroatoms. The molecule has 0 saturated heterocycles. The number of hydrogen-bond acceptors (Lipinski definition) is 4. The van der Waals surface area contributed by atoms with Crippen molar-refractivity contribution in [3.63, 3.8) is 0 Å². The van der Waals surface area contributed by atoms with Crippen LogP contribution in [0.5, 0.6) is 0 Å². The number of carbonyl (C=O) groups excluding carboxylic acids is 2. The van der Waals surface area contributed by atoms with Crippen molar-refractivity contribution in [2.75, 3.05) is 13.2 Å². The van der Waals surface area contributed by atoms with Gasteiger partial charge in [0.2, 0.25) is 0 Å². The van der Waals surface area contributed by atoms with Gasteiger partial charge in [-0.25, -0.2) is 9.59 Å². The minimum absolute atomic E-state index is 2.41. The molecule has 0 amide bonds. The van der Waals surface area contributed by atoms with Crippen LogP contribution >= 0.6 is 0 Å². The Labute approximate surface area is 187 Å². The van der Waals surface area contributed by atoms with E-state index < -0.39 is 79.0 Å². The standard InChI is InChI=1S/C13H4F20O4/c14-5(15,1-36-3(34)7(18,19)10(24,25)12(28,29)30)9(22,23)6(16,17)2-37-4(35)8(20,21)11(26,27)13(31,32)33/h1-2H2. The van der Waals surface area contributed by atoms with Crippen LogP contribution in [0.1, 0.15) is 0 Å². The Morgan fingerprint density at radius 2 is 0.622 bits per heavy atom. The van der Waals surface area contributed by atoms with Crippen LogP contribution in [0.4, 0.5) is 87.8 Å². The summed E-state index contributed by atoms with van der Waals surface area (Å²) >= 11 is 0. The number of halogens is 20. The maximum Gasteiger partial charge on any atom is 0.460 e. The van der Waals surface area contributed by atoms with Gasteiger partial charge in [0.05, 0.1) is 0 Å². The van der Waals surface area contributed by atoms with Crippen molar-refractivity contribution in [3.8, 4) is 0 Å². The normalized spacial score (nSPS) is 15.5. The molecule has 220 valence electrons. The second-order valence-corrected chi connectivity index (χ2v) is 6.43. The fourth-order valence-electron chi connectivity index (χ4n) is 1.55. The van der Waals surface area contributed by atoms with Gasteiger partial charge in [-0.3, -0.25) is 0 Å². The third-order valence-electron chi connectivity index (χ3n) is 3.70. The van der Waals surface area contributed by atoms with E-state index in [1.165, 1.54) is 0 Å². The molecule has 0 aliphatic rings. The van der Waals surface area contributed by atoms with Crippen molar-refractivity contribution in [2.45, 2.75) is 53.8 Å². The summed E-state index contributed by atoms with van der Waals surface area (Å²) in [7, 11) is 0. The molecule has 37 heavy (non-hydrogen) atoms. The Morgan fingerprint density at radius 1 is 0.405 bits per heavy atom. The fourth-order valence-corrected chi connectivity index (χ4v) is 1.55. The lowest BCUT2D eigenvalue weighted by molar-refractivity contribution is -0.355.